The van der Waals surface area contributed by atoms with E-state index >= 15 is 0 Å². The van der Waals surface area contributed by atoms with Gasteiger partial charge in [-0.2, -0.15) is 0 Å². The van der Waals surface area contributed by atoms with Gasteiger partial charge in [0, 0.05) is 89.3 Å². The van der Waals surface area contributed by atoms with Crippen LogP contribution in [0.2, 0.25) is 10.0 Å². The highest BCUT2D eigenvalue weighted by Gasteiger charge is 2.11. The number of hydrogen-bond donors (Lipinski definition) is 6. The van der Waals surface area contributed by atoms with Crippen molar-refractivity contribution in [2.24, 2.45) is 0 Å². The molecule has 7 nitrogen and oxygen atoms in total. The van der Waals surface area contributed by atoms with Gasteiger partial charge in [-0.05, 0) is 126 Å². The molecule has 0 spiro atoms. The zero-order chi connectivity index (χ0) is 51.5. The molecule has 73 heavy (non-hydrogen) atoms. The summed E-state index contributed by atoms with van der Waals surface area (Å²) in [5.74, 6) is -2.13. The first kappa shape index (κ1) is 53.8. The Labute approximate surface area is 445 Å². The molecule has 0 saturated carbocycles. The van der Waals surface area contributed by atoms with Gasteiger partial charge in [0.15, 0.2) is 34.7 Å². The van der Waals surface area contributed by atoms with E-state index in [9.17, 15) is 28.5 Å². The minimum absolute atomic E-state index is 0.346. The quantitative estimate of drug-likeness (QED) is 0.0524. The van der Waals surface area contributed by atoms with Crippen molar-refractivity contribution in [1.29, 1.82) is 0 Å². The van der Waals surface area contributed by atoms with E-state index in [0.29, 0.717) is 46.7 Å². The predicted molar refractivity (Wildman–Crippen MR) is 294 cm³/mol. The molecule has 0 radical (unpaired) electrons. The van der Waals surface area contributed by atoms with Gasteiger partial charge in [0.1, 0.15) is 5.75 Å². The maximum absolute atomic E-state index is 13.4. The van der Waals surface area contributed by atoms with Crippen LogP contribution >= 0.6 is 58.5 Å². The molecule has 15 heteroatoms. The fraction of sp³-hybridized carbons (Fsp3) is 0.0690. The lowest BCUT2D eigenvalue weighted by molar-refractivity contribution is 0.414. The Morgan fingerprint density at radius 1 is 0.411 bits per heavy atom. The highest BCUT2D eigenvalue weighted by Crippen LogP contribution is 2.37. The van der Waals surface area contributed by atoms with E-state index in [1.54, 1.807) is 60.6 Å². The first-order valence-electron chi connectivity index (χ1n) is 22.5. The van der Waals surface area contributed by atoms with E-state index in [2.05, 4.69) is 22.0 Å². The molecule has 0 aromatic heterocycles. The van der Waals surface area contributed by atoms with Crippen molar-refractivity contribution in [2.75, 3.05) is 23.1 Å². The third-order valence-corrected chi connectivity index (χ3v) is 14.7. The molecule has 372 valence electrons. The second-order valence-corrected chi connectivity index (χ2v) is 19.9. The molecule has 9 aromatic rings. The number of benzene rings is 9. The van der Waals surface area contributed by atoms with Crippen molar-refractivity contribution in [2.45, 2.75) is 49.0 Å². The summed E-state index contributed by atoms with van der Waals surface area (Å²) in [6, 6.07) is 60.2. The van der Waals surface area contributed by atoms with E-state index in [-0.39, 0.29) is 17.2 Å². The maximum Gasteiger partial charge on any atom is 0.166 e. The van der Waals surface area contributed by atoms with Crippen LogP contribution in [0.5, 0.6) is 23.0 Å². The Kier molecular flexibility index (Phi) is 20.0. The Morgan fingerprint density at radius 2 is 0.808 bits per heavy atom. The minimum atomic E-state index is -0.640. The van der Waals surface area contributed by atoms with E-state index in [1.165, 1.54) is 36.4 Å². The molecular weight excluding hydrogens is 1030 g/mol. The number of hydrogen-bond acceptors (Lipinski definition) is 10. The first-order chi connectivity index (χ1) is 35.4. The molecule has 0 unspecified atom stereocenters. The molecule has 0 bridgehead atoms. The number of nitrogens with one attached hydrogen (secondary N) is 3. The summed E-state index contributed by atoms with van der Waals surface area (Å²) in [5, 5.41) is 38.7. The molecule has 0 aliphatic carbocycles. The lowest BCUT2D eigenvalue weighted by atomic mass is 10.2. The molecular formula is C58H48Cl2F3N3O4S3. The number of halogens is 5. The number of aromatic hydroxyl groups is 3. The topological polar surface area (TPSA) is 106 Å². The molecule has 0 atom stereocenters. The van der Waals surface area contributed by atoms with Crippen molar-refractivity contribution in [3.05, 3.63) is 244 Å². The van der Waals surface area contributed by atoms with Crippen LogP contribution in [0.3, 0.4) is 0 Å². The van der Waals surface area contributed by atoms with Gasteiger partial charge >= 0.3 is 0 Å². The van der Waals surface area contributed by atoms with Gasteiger partial charge in [-0.1, -0.05) is 131 Å². The molecule has 0 aliphatic heterocycles. The Balaban J connectivity index is 0.000000160. The molecule has 9 aromatic carbocycles. The van der Waals surface area contributed by atoms with Crippen LogP contribution in [0.25, 0.3) is 0 Å². The van der Waals surface area contributed by atoms with E-state index in [0.717, 1.165) is 51.8 Å². The van der Waals surface area contributed by atoms with E-state index in [4.69, 9.17) is 27.9 Å². The number of phenolic OH excluding ortho intramolecular Hbond substituents is 3. The Morgan fingerprint density at radius 3 is 1.22 bits per heavy atom. The molecule has 0 amide bonds. The van der Waals surface area contributed by atoms with Crippen molar-refractivity contribution >= 4 is 75.5 Å². The van der Waals surface area contributed by atoms with Gasteiger partial charge in [-0.3, -0.25) is 0 Å². The SMILES string of the molecule is COc1ccc(Sc2ccccc2CNc2ccc(O)c(F)c2)cc1.Oc1ccc(NCc2ccccc2Sc2cccc(Cl)c2)cc1F.Oc1ccc(NCc2ccccc2Sc2ccccc2Cl)cc1F. The van der Waals surface area contributed by atoms with Crippen LogP contribution in [0.1, 0.15) is 16.7 Å². The van der Waals surface area contributed by atoms with Crippen molar-refractivity contribution in [3.8, 4) is 23.0 Å². The summed E-state index contributed by atoms with van der Waals surface area (Å²) in [5.41, 5.74) is 5.14. The van der Waals surface area contributed by atoms with Crippen LogP contribution in [-0.2, 0) is 19.6 Å². The normalized spacial score (nSPS) is 10.5. The molecule has 9 rings (SSSR count). The zero-order valence-corrected chi connectivity index (χ0v) is 43.0. The Bertz CT molecular complexity index is 3250. The molecule has 6 N–H and O–H groups in total. The number of anilines is 3. The van der Waals surface area contributed by atoms with Gasteiger partial charge in [-0.15, -0.1) is 0 Å². The average Bonchev–Trinajstić information content (AvgIpc) is 3.40. The average molecular weight is 1080 g/mol. The number of ether oxygens (including phenoxy) is 1. The number of phenols is 3. The van der Waals surface area contributed by atoms with Gasteiger partial charge in [0.05, 0.1) is 12.1 Å². The fourth-order valence-electron chi connectivity index (χ4n) is 6.76. The van der Waals surface area contributed by atoms with Crippen LogP contribution < -0.4 is 20.7 Å². The fourth-order valence-corrected chi connectivity index (χ4v) is 10.2. The summed E-state index contributed by atoms with van der Waals surface area (Å²) in [6.45, 7) is 1.65. The van der Waals surface area contributed by atoms with Crippen LogP contribution in [0.4, 0.5) is 30.2 Å². The molecule has 0 fully saturated rings. The zero-order valence-electron chi connectivity index (χ0n) is 39.0. The molecule has 0 aliphatic rings. The standard InChI is InChI=1S/C20H18FNO2S.2C19H15ClFNOS/c1-24-16-7-9-17(10-8-16)25-20-5-3-2-4-14(20)13-22-15-6-11-19(23)18(21)12-15;20-15-6-2-4-8-19(15)24-18-7-3-1-5-13(18)12-22-14-9-10-17(23)16(21)11-14;20-14-5-3-6-16(10-14)24-19-7-2-1-4-13(19)12-22-15-8-9-18(23)17(21)11-15/h2-12,22-23H,13H2,1H3;2*1-11,22-23H,12H2. The third-order valence-electron chi connectivity index (χ3n) is 10.6. The monoisotopic (exact) mass is 1070 g/mol. The van der Waals surface area contributed by atoms with E-state index < -0.39 is 17.5 Å². The largest absolute Gasteiger partial charge is 0.505 e. The summed E-state index contributed by atoms with van der Waals surface area (Å²) < 4.78 is 45.4. The van der Waals surface area contributed by atoms with Crippen LogP contribution in [-0.4, -0.2) is 22.4 Å². The summed E-state index contributed by atoms with van der Waals surface area (Å²) in [6.07, 6.45) is 0. The van der Waals surface area contributed by atoms with Crippen molar-refractivity contribution < 1.29 is 33.2 Å². The highest BCUT2D eigenvalue weighted by atomic mass is 35.5. The van der Waals surface area contributed by atoms with E-state index in [1.807, 2.05) is 140 Å². The minimum Gasteiger partial charge on any atom is -0.505 e. The third kappa shape index (κ3) is 16.5. The molecule has 0 heterocycles. The number of rotatable bonds is 16. The van der Waals surface area contributed by atoms with Gasteiger partial charge in [-0.25, -0.2) is 13.2 Å². The predicted octanol–water partition coefficient (Wildman–Crippen LogP) is 17.2. The lowest BCUT2D eigenvalue weighted by Crippen LogP contribution is -2.01. The van der Waals surface area contributed by atoms with Crippen LogP contribution in [0.15, 0.2) is 230 Å². The second kappa shape index (κ2) is 27.2. The highest BCUT2D eigenvalue weighted by molar-refractivity contribution is 8.00. The van der Waals surface area contributed by atoms with Gasteiger partial charge in [0.2, 0.25) is 0 Å². The van der Waals surface area contributed by atoms with Crippen molar-refractivity contribution in [1.82, 2.24) is 0 Å². The maximum atomic E-state index is 13.4. The summed E-state index contributed by atoms with van der Waals surface area (Å²) >= 11 is 17.2. The first-order valence-corrected chi connectivity index (χ1v) is 25.7. The Hall–Kier alpha value is -7.00. The molecule has 0 saturated heterocycles. The summed E-state index contributed by atoms with van der Waals surface area (Å²) in [7, 11) is 1.65. The second-order valence-electron chi connectivity index (χ2n) is 15.8. The number of methoxy groups -OCH3 is 1. The van der Waals surface area contributed by atoms with Crippen molar-refractivity contribution in [3.63, 3.8) is 0 Å². The van der Waals surface area contributed by atoms with Gasteiger partial charge in [0.25, 0.3) is 0 Å². The lowest BCUT2D eigenvalue weighted by Gasteiger charge is -2.12. The van der Waals surface area contributed by atoms with Gasteiger partial charge < -0.3 is 36.0 Å². The van der Waals surface area contributed by atoms with Crippen LogP contribution in [0, 0.1) is 17.5 Å². The smallest absolute Gasteiger partial charge is 0.166 e. The summed E-state index contributed by atoms with van der Waals surface area (Å²) in [4.78, 5) is 6.47.